The molecule has 2 N–H and O–H groups in total. The second-order valence-electron chi connectivity index (χ2n) is 8.45. The summed E-state index contributed by atoms with van der Waals surface area (Å²) in [5.41, 5.74) is 1.31. The van der Waals surface area contributed by atoms with Crippen LogP contribution in [0.3, 0.4) is 0 Å². The first-order chi connectivity index (χ1) is 15.1. The maximum atomic E-state index is 11.0. The fourth-order valence-electron chi connectivity index (χ4n) is 4.89. The maximum absolute atomic E-state index is 11.0. The maximum Gasteiger partial charge on any atom is 0.317 e. The molecule has 3 heterocycles. The van der Waals surface area contributed by atoms with Gasteiger partial charge in [-0.3, -0.25) is 9.28 Å². The normalized spacial score (nSPS) is 21.5. The van der Waals surface area contributed by atoms with E-state index in [-0.39, 0.29) is 12.6 Å². The Morgan fingerprint density at radius 3 is 2.71 bits per heavy atom. The van der Waals surface area contributed by atoms with Gasteiger partial charge < -0.3 is 10.4 Å². The van der Waals surface area contributed by atoms with E-state index in [0.29, 0.717) is 0 Å². The van der Waals surface area contributed by atoms with Crippen LogP contribution in [-0.2, 0) is 11.3 Å². The van der Waals surface area contributed by atoms with Gasteiger partial charge in [0.1, 0.15) is 6.54 Å². The third-order valence-electron chi connectivity index (χ3n) is 6.46. The van der Waals surface area contributed by atoms with Crippen LogP contribution in [0.1, 0.15) is 18.4 Å². The molecule has 2 aromatic carbocycles. The molecule has 1 aliphatic heterocycles. The summed E-state index contributed by atoms with van der Waals surface area (Å²) in [4.78, 5) is 15.9. The van der Waals surface area contributed by atoms with Gasteiger partial charge in [0.05, 0.1) is 25.0 Å². The summed E-state index contributed by atoms with van der Waals surface area (Å²) in [5, 5.41) is 18.1. The van der Waals surface area contributed by atoms with Crippen molar-refractivity contribution < 1.29 is 9.90 Å². The van der Waals surface area contributed by atoms with Crippen LogP contribution >= 0.6 is 11.3 Å². The summed E-state index contributed by atoms with van der Waals surface area (Å²) in [6, 6.07) is 19.8. The minimum absolute atomic E-state index is 0.0215. The molecule has 0 bridgehead atoms. The van der Waals surface area contributed by atoms with Crippen molar-refractivity contribution in [2.24, 2.45) is 0 Å². The topological polar surface area (TPSA) is 62.2 Å². The highest BCUT2D eigenvalue weighted by Gasteiger charge is 2.39. The SMILES string of the molecule is O=C(O)CNC1CC[N+](Cc2ccc3ccccc3c2)(c2nccc3sccc23)CC1. The van der Waals surface area contributed by atoms with Gasteiger partial charge >= 0.3 is 5.97 Å². The van der Waals surface area contributed by atoms with Crippen LogP contribution < -0.4 is 9.80 Å². The molecule has 0 spiro atoms. The summed E-state index contributed by atoms with van der Waals surface area (Å²) < 4.78 is 2.07. The molecule has 1 fully saturated rings. The van der Waals surface area contributed by atoms with Crippen LogP contribution in [0.15, 0.2) is 66.2 Å². The van der Waals surface area contributed by atoms with Crippen LogP contribution in [-0.4, -0.2) is 41.7 Å². The molecule has 0 radical (unpaired) electrons. The summed E-state index contributed by atoms with van der Waals surface area (Å²) in [5.74, 6) is 0.343. The number of rotatable bonds is 6. The number of carboxylic acids is 1. The second kappa shape index (κ2) is 8.38. The molecule has 158 valence electrons. The lowest BCUT2D eigenvalue weighted by molar-refractivity contribution is -0.136. The van der Waals surface area contributed by atoms with E-state index in [4.69, 9.17) is 10.1 Å². The number of nitrogens with zero attached hydrogens (tertiary/aromatic N) is 2. The van der Waals surface area contributed by atoms with E-state index in [9.17, 15) is 4.79 Å². The van der Waals surface area contributed by atoms with Gasteiger partial charge in [0.25, 0.3) is 0 Å². The number of aromatic nitrogens is 1. The van der Waals surface area contributed by atoms with Gasteiger partial charge in [0.2, 0.25) is 5.82 Å². The lowest BCUT2D eigenvalue weighted by Crippen LogP contribution is -2.57. The number of hydrogen-bond acceptors (Lipinski definition) is 4. The van der Waals surface area contributed by atoms with Crippen LogP contribution in [0.4, 0.5) is 5.82 Å². The van der Waals surface area contributed by atoms with E-state index in [2.05, 4.69) is 65.3 Å². The predicted molar refractivity (Wildman–Crippen MR) is 127 cm³/mol. The number of pyridine rings is 1. The van der Waals surface area contributed by atoms with Crippen molar-refractivity contribution in [3.05, 3.63) is 71.7 Å². The molecule has 1 aliphatic rings. The first-order valence-corrected chi connectivity index (χ1v) is 11.6. The Labute approximate surface area is 185 Å². The zero-order valence-corrected chi connectivity index (χ0v) is 18.1. The van der Waals surface area contributed by atoms with Crippen molar-refractivity contribution in [2.75, 3.05) is 19.6 Å². The van der Waals surface area contributed by atoms with E-state index in [0.717, 1.165) is 42.8 Å². The second-order valence-corrected chi connectivity index (χ2v) is 9.40. The fourth-order valence-corrected chi connectivity index (χ4v) is 5.66. The number of quaternary nitrogens is 1. The van der Waals surface area contributed by atoms with E-state index in [1.54, 1.807) is 11.3 Å². The Bertz CT molecular complexity index is 1230. The number of fused-ring (bicyclic) bond motifs is 2. The van der Waals surface area contributed by atoms with Gasteiger partial charge in [0.15, 0.2) is 0 Å². The van der Waals surface area contributed by atoms with E-state index < -0.39 is 5.97 Å². The Kier molecular flexibility index (Phi) is 5.44. The largest absolute Gasteiger partial charge is 0.480 e. The molecule has 0 saturated carbocycles. The smallest absolute Gasteiger partial charge is 0.317 e. The monoisotopic (exact) mass is 432 g/mol. The molecule has 5 rings (SSSR count). The lowest BCUT2D eigenvalue weighted by Gasteiger charge is -2.42. The van der Waals surface area contributed by atoms with Gasteiger partial charge in [-0.15, -0.1) is 11.3 Å². The molecule has 6 heteroatoms. The Morgan fingerprint density at radius 2 is 1.90 bits per heavy atom. The lowest BCUT2D eigenvalue weighted by atomic mass is 9.98. The molecule has 0 aliphatic carbocycles. The van der Waals surface area contributed by atoms with Crippen molar-refractivity contribution in [3.63, 3.8) is 0 Å². The molecule has 2 aromatic heterocycles. The van der Waals surface area contributed by atoms with Crippen LogP contribution in [0.25, 0.3) is 20.9 Å². The average Bonchev–Trinajstić information content (AvgIpc) is 3.27. The van der Waals surface area contributed by atoms with Crippen LogP contribution in [0, 0.1) is 0 Å². The number of nitrogens with one attached hydrogen (secondary N) is 1. The number of likely N-dealkylation sites (tertiary alicyclic amines) is 1. The Morgan fingerprint density at radius 1 is 1.10 bits per heavy atom. The van der Waals surface area contributed by atoms with Gasteiger partial charge in [0, 0.05) is 35.3 Å². The zero-order valence-electron chi connectivity index (χ0n) is 17.3. The first-order valence-electron chi connectivity index (χ1n) is 10.7. The molecule has 0 amide bonds. The molecule has 31 heavy (non-hydrogen) atoms. The van der Waals surface area contributed by atoms with Crippen LogP contribution in [0.2, 0.25) is 0 Å². The van der Waals surface area contributed by atoms with Gasteiger partial charge in [-0.1, -0.05) is 36.4 Å². The standard InChI is InChI=1S/C25H25N3O2S/c29-24(30)16-27-21-8-12-28(13-9-21,25-22-10-14-31-23(22)7-11-26-25)17-18-5-6-19-3-1-2-4-20(19)15-18/h1-7,10-11,14-15,21,27H,8-9,12-13,16-17H2/p+1. The van der Waals surface area contributed by atoms with Crippen molar-refractivity contribution in [3.8, 4) is 0 Å². The van der Waals surface area contributed by atoms with Gasteiger partial charge in [-0.2, -0.15) is 0 Å². The predicted octanol–water partition coefficient (Wildman–Crippen LogP) is 4.79. The number of piperidine rings is 1. The highest BCUT2D eigenvalue weighted by molar-refractivity contribution is 7.17. The fraction of sp³-hybridized carbons (Fsp3) is 0.280. The number of aliphatic carboxylic acids is 1. The molecular weight excluding hydrogens is 406 g/mol. The Balaban J connectivity index is 1.50. The number of hydrogen-bond donors (Lipinski definition) is 2. The third kappa shape index (κ3) is 4.06. The van der Waals surface area contributed by atoms with Crippen molar-refractivity contribution >= 4 is 44.0 Å². The number of benzene rings is 2. The zero-order chi connectivity index (χ0) is 21.3. The highest BCUT2D eigenvalue weighted by atomic mass is 32.1. The third-order valence-corrected chi connectivity index (χ3v) is 7.34. The summed E-state index contributed by atoms with van der Waals surface area (Å²) in [6.45, 7) is 2.78. The number of carbonyl (C=O) groups is 1. The van der Waals surface area contributed by atoms with Crippen molar-refractivity contribution in [2.45, 2.75) is 25.4 Å². The summed E-state index contributed by atoms with van der Waals surface area (Å²) >= 11 is 1.76. The minimum atomic E-state index is -0.799. The van der Waals surface area contributed by atoms with E-state index >= 15 is 0 Å². The molecular formula is C25H26N3O2S+. The van der Waals surface area contributed by atoms with Crippen LogP contribution in [0.5, 0.6) is 0 Å². The van der Waals surface area contributed by atoms with Gasteiger partial charge in [-0.25, -0.2) is 4.98 Å². The summed E-state index contributed by atoms with van der Waals surface area (Å²) in [6.07, 6.45) is 3.80. The minimum Gasteiger partial charge on any atom is -0.480 e. The van der Waals surface area contributed by atoms with Crippen molar-refractivity contribution in [1.29, 1.82) is 0 Å². The van der Waals surface area contributed by atoms with E-state index in [1.165, 1.54) is 26.4 Å². The molecule has 4 aromatic rings. The average molecular weight is 433 g/mol. The van der Waals surface area contributed by atoms with Crippen molar-refractivity contribution in [1.82, 2.24) is 14.8 Å². The Hall–Kier alpha value is -2.80. The molecule has 1 saturated heterocycles. The quantitative estimate of drug-likeness (QED) is 0.430. The first kappa shape index (κ1) is 20.1. The number of carboxylic acid groups (broad SMARTS) is 1. The number of thiophene rings is 1. The summed E-state index contributed by atoms with van der Waals surface area (Å²) in [7, 11) is 0. The highest BCUT2D eigenvalue weighted by Crippen LogP contribution is 2.37. The van der Waals surface area contributed by atoms with E-state index in [1.807, 2.05) is 6.20 Å². The van der Waals surface area contributed by atoms with Gasteiger partial charge in [-0.05, 0) is 34.4 Å². The molecule has 5 nitrogen and oxygen atoms in total. The molecule has 0 unspecified atom stereocenters. The molecule has 0 atom stereocenters.